The number of rotatable bonds is 4. The molecule has 0 spiro atoms. The molecule has 1 fully saturated rings. The Bertz CT molecular complexity index is 994. The summed E-state index contributed by atoms with van der Waals surface area (Å²) < 4.78 is 6.00. The van der Waals surface area contributed by atoms with Gasteiger partial charge in [-0.3, -0.25) is 4.79 Å². The van der Waals surface area contributed by atoms with Crippen LogP contribution in [0.15, 0.2) is 29.5 Å². The minimum Gasteiger partial charge on any atom is -0.486 e. The number of aromatic nitrogens is 3. The van der Waals surface area contributed by atoms with Crippen LogP contribution in [0.3, 0.4) is 0 Å². The molecular formula is C21H28N6O4. The summed E-state index contributed by atoms with van der Waals surface area (Å²) in [6.07, 6.45) is 4.44. The Balaban J connectivity index is 1.64. The number of pyridine rings is 1. The number of piperidine rings is 1. The maximum Gasteiger partial charge on any atom is 0.407 e. The van der Waals surface area contributed by atoms with E-state index in [0.29, 0.717) is 36.2 Å². The van der Waals surface area contributed by atoms with E-state index in [0.717, 1.165) is 25.8 Å². The summed E-state index contributed by atoms with van der Waals surface area (Å²) in [6.45, 7) is 5.88. The fourth-order valence-corrected chi connectivity index (χ4v) is 4.44. The lowest BCUT2D eigenvalue weighted by atomic mass is 9.89. The van der Waals surface area contributed by atoms with Gasteiger partial charge >= 0.3 is 6.09 Å². The average Bonchev–Trinajstić information content (AvgIpc) is 2.98. The van der Waals surface area contributed by atoms with E-state index in [-0.39, 0.29) is 23.6 Å². The molecule has 4 rings (SSSR count). The maximum atomic E-state index is 12.1. The third-order valence-electron chi connectivity index (χ3n) is 5.99. The minimum atomic E-state index is -0.862. The number of likely N-dealkylation sites (tertiary alicyclic amines) is 1. The van der Waals surface area contributed by atoms with Crippen LogP contribution in [-0.2, 0) is 0 Å². The number of carbonyl (C=O) groups is 1. The summed E-state index contributed by atoms with van der Waals surface area (Å²) in [7, 11) is 0. The molecule has 0 aliphatic carbocycles. The normalized spacial score (nSPS) is 21.3. The first-order valence-corrected chi connectivity index (χ1v) is 10.6. The highest BCUT2D eigenvalue weighted by Gasteiger charge is 2.37. The predicted octanol–water partition coefficient (Wildman–Crippen LogP) is 2.66. The Labute approximate surface area is 180 Å². The smallest absolute Gasteiger partial charge is 0.407 e. The van der Waals surface area contributed by atoms with E-state index >= 15 is 0 Å². The van der Waals surface area contributed by atoms with E-state index < -0.39 is 6.09 Å². The third-order valence-corrected chi connectivity index (χ3v) is 5.99. The minimum absolute atomic E-state index is 0.0498. The van der Waals surface area contributed by atoms with Gasteiger partial charge in [0.15, 0.2) is 11.6 Å². The van der Waals surface area contributed by atoms with Gasteiger partial charge in [0.2, 0.25) is 5.75 Å². The number of aromatic amines is 1. The Kier molecular flexibility index (Phi) is 5.97. The first-order valence-electron chi connectivity index (χ1n) is 10.6. The first kappa shape index (κ1) is 21.0. The molecule has 166 valence electrons. The molecule has 2 aliphatic rings. The van der Waals surface area contributed by atoms with E-state index in [2.05, 4.69) is 39.0 Å². The fraction of sp³-hybridized carbons (Fsp3) is 0.524. The number of hydrogen-bond donors (Lipinski definition) is 3. The number of H-pyrrole nitrogens is 1. The molecule has 0 radical (unpaired) electrons. The van der Waals surface area contributed by atoms with Gasteiger partial charge in [0.25, 0.3) is 5.56 Å². The monoisotopic (exact) mass is 428 g/mol. The van der Waals surface area contributed by atoms with E-state index in [4.69, 9.17) is 4.74 Å². The molecule has 3 N–H and O–H groups in total. The van der Waals surface area contributed by atoms with E-state index in [1.165, 1.54) is 6.33 Å². The Morgan fingerprint density at radius 3 is 2.94 bits per heavy atom. The molecule has 2 aromatic rings. The number of nitrogens with zero attached hydrogens (tertiary/aromatic N) is 4. The van der Waals surface area contributed by atoms with Crippen molar-refractivity contribution in [3.8, 4) is 5.75 Å². The van der Waals surface area contributed by atoms with Gasteiger partial charge in [0.05, 0.1) is 6.61 Å². The van der Waals surface area contributed by atoms with Crippen LogP contribution in [0, 0.1) is 5.92 Å². The number of ether oxygens (including phenoxy) is 1. The summed E-state index contributed by atoms with van der Waals surface area (Å²) >= 11 is 0. The van der Waals surface area contributed by atoms with Crippen LogP contribution in [-0.4, -0.2) is 62.8 Å². The molecule has 10 heteroatoms. The molecule has 1 saturated heterocycles. The van der Waals surface area contributed by atoms with Crippen molar-refractivity contribution in [2.75, 3.05) is 29.9 Å². The molecule has 0 saturated carbocycles. The number of fused-ring (bicyclic) bond motifs is 1. The lowest BCUT2D eigenvalue weighted by Crippen LogP contribution is -2.54. The Morgan fingerprint density at radius 1 is 1.35 bits per heavy atom. The summed E-state index contributed by atoms with van der Waals surface area (Å²) in [4.78, 5) is 39.0. The molecule has 4 heterocycles. The molecule has 0 bridgehead atoms. The summed E-state index contributed by atoms with van der Waals surface area (Å²) in [5.41, 5.74) is 0.124. The van der Waals surface area contributed by atoms with Gasteiger partial charge in [-0.15, -0.1) is 0 Å². The predicted molar refractivity (Wildman–Crippen MR) is 116 cm³/mol. The molecule has 2 unspecified atom stereocenters. The molecule has 10 nitrogen and oxygen atoms in total. The van der Waals surface area contributed by atoms with Gasteiger partial charge in [0, 0.05) is 31.4 Å². The highest BCUT2D eigenvalue weighted by molar-refractivity contribution is 5.70. The molecule has 0 aromatic carbocycles. The van der Waals surface area contributed by atoms with Crippen molar-refractivity contribution >= 4 is 23.4 Å². The van der Waals surface area contributed by atoms with E-state index in [1.807, 2.05) is 0 Å². The van der Waals surface area contributed by atoms with Crippen LogP contribution in [0.5, 0.6) is 5.75 Å². The van der Waals surface area contributed by atoms with Gasteiger partial charge in [-0.1, -0.05) is 13.8 Å². The van der Waals surface area contributed by atoms with Crippen LogP contribution in [0.25, 0.3) is 0 Å². The second kappa shape index (κ2) is 8.83. The molecule has 2 atom stereocenters. The summed E-state index contributed by atoms with van der Waals surface area (Å²) in [6, 6.07) is 3.51. The fourth-order valence-electron chi connectivity index (χ4n) is 4.44. The quantitative estimate of drug-likeness (QED) is 0.679. The van der Waals surface area contributed by atoms with Crippen molar-refractivity contribution in [3.05, 3.63) is 35.0 Å². The Hall–Kier alpha value is -3.30. The third kappa shape index (κ3) is 4.28. The van der Waals surface area contributed by atoms with Crippen molar-refractivity contribution in [2.45, 2.75) is 45.2 Å². The second-order valence-corrected chi connectivity index (χ2v) is 8.27. The largest absolute Gasteiger partial charge is 0.486 e. The lowest BCUT2D eigenvalue weighted by molar-refractivity contribution is 0.0822. The van der Waals surface area contributed by atoms with Gasteiger partial charge < -0.3 is 29.9 Å². The number of nitrogens with one attached hydrogen (secondary N) is 2. The topological polar surface area (TPSA) is 124 Å². The van der Waals surface area contributed by atoms with Crippen LogP contribution in [0.1, 0.15) is 33.1 Å². The molecule has 2 aromatic heterocycles. The van der Waals surface area contributed by atoms with Gasteiger partial charge in [-0.2, -0.15) is 0 Å². The van der Waals surface area contributed by atoms with Crippen LogP contribution in [0.4, 0.5) is 22.1 Å². The summed E-state index contributed by atoms with van der Waals surface area (Å²) in [5, 5.41) is 12.7. The van der Waals surface area contributed by atoms with Crippen molar-refractivity contribution < 1.29 is 14.6 Å². The van der Waals surface area contributed by atoms with Crippen LogP contribution in [0.2, 0.25) is 0 Å². The molecule has 31 heavy (non-hydrogen) atoms. The SMILES string of the molecule is CC(C)C1CC(N2CCCOc3c(Nc4ccc[nH]c4=O)ncnc32)CCN1C(=O)O. The van der Waals surface area contributed by atoms with Crippen molar-refractivity contribution in [2.24, 2.45) is 5.92 Å². The molecule has 2 aliphatic heterocycles. The number of amides is 1. The zero-order valence-corrected chi connectivity index (χ0v) is 17.7. The zero-order valence-electron chi connectivity index (χ0n) is 17.7. The number of carboxylic acid groups (broad SMARTS) is 1. The van der Waals surface area contributed by atoms with Crippen molar-refractivity contribution in [1.29, 1.82) is 0 Å². The van der Waals surface area contributed by atoms with Gasteiger partial charge in [0.1, 0.15) is 12.0 Å². The average molecular weight is 428 g/mol. The second-order valence-electron chi connectivity index (χ2n) is 8.27. The van der Waals surface area contributed by atoms with E-state index in [1.54, 1.807) is 23.2 Å². The van der Waals surface area contributed by atoms with Gasteiger partial charge in [-0.25, -0.2) is 14.8 Å². The van der Waals surface area contributed by atoms with E-state index in [9.17, 15) is 14.7 Å². The maximum absolute atomic E-state index is 12.1. The lowest BCUT2D eigenvalue weighted by Gasteiger charge is -2.44. The highest BCUT2D eigenvalue weighted by Crippen LogP contribution is 2.39. The summed E-state index contributed by atoms with van der Waals surface area (Å²) in [5.74, 6) is 1.86. The molecular weight excluding hydrogens is 400 g/mol. The van der Waals surface area contributed by atoms with Gasteiger partial charge in [-0.05, 0) is 37.3 Å². The standard InChI is InChI=1S/C21H28N6O4/c1-13(2)16-11-14(6-9-27(16)21(29)30)26-8-4-10-31-17-18(23-12-24-19(17)26)25-15-5-3-7-22-20(15)28/h3,5,7,12-14,16H,4,6,8-11H2,1-2H3,(H,22,28)(H,29,30)(H,23,24,25). The Morgan fingerprint density at radius 2 is 2.19 bits per heavy atom. The zero-order chi connectivity index (χ0) is 22.0. The van der Waals surface area contributed by atoms with Crippen LogP contribution < -0.4 is 20.5 Å². The van der Waals surface area contributed by atoms with Crippen molar-refractivity contribution in [3.63, 3.8) is 0 Å². The van der Waals surface area contributed by atoms with Crippen molar-refractivity contribution in [1.82, 2.24) is 19.9 Å². The highest BCUT2D eigenvalue weighted by atomic mass is 16.5. The number of hydrogen-bond acceptors (Lipinski definition) is 7. The molecule has 1 amide bonds. The number of anilines is 3. The first-order chi connectivity index (χ1) is 15.0. The van der Waals surface area contributed by atoms with Crippen LogP contribution >= 0.6 is 0 Å².